The van der Waals surface area contributed by atoms with Crippen LogP contribution in [0.5, 0.6) is 5.88 Å². The molecule has 0 saturated heterocycles. The van der Waals surface area contributed by atoms with Gasteiger partial charge >= 0.3 is 0 Å². The molecule has 0 saturated carbocycles. The topological polar surface area (TPSA) is 34.1 Å². The van der Waals surface area contributed by atoms with Gasteiger partial charge in [-0.25, -0.2) is 4.98 Å². The lowest BCUT2D eigenvalue weighted by Gasteiger charge is -2.12. The maximum absolute atomic E-state index is 5.68. The van der Waals surface area contributed by atoms with Gasteiger partial charge in [-0.05, 0) is 25.5 Å². The van der Waals surface area contributed by atoms with Crippen molar-refractivity contribution in [2.75, 3.05) is 13.2 Å². The minimum Gasteiger partial charge on any atom is -0.478 e. The first-order valence-corrected chi connectivity index (χ1v) is 8.10. The first-order chi connectivity index (χ1) is 9.77. The van der Waals surface area contributed by atoms with Crippen LogP contribution in [0.1, 0.15) is 70.9 Å². The van der Waals surface area contributed by atoms with E-state index in [1.165, 1.54) is 37.7 Å². The normalized spacial score (nSPS) is 12.3. The van der Waals surface area contributed by atoms with Crippen LogP contribution in [0.2, 0.25) is 0 Å². The average Bonchev–Trinajstić information content (AvgIpc) is 2.47. The third kappa shape index (κ3) is 6.90. The Balaban J connectivity index is 2.18. The van der Waals surface area contributed by atoms with Crippen molar-refractivity contribution >= 4 is 0 Å². The lowest BCUT2D eigenvalue weighted by molar-refractivity contribution is 0.293. The summed E-state index contributed by atoms with van der Waals surface area (Å²) in [5.41, 5.74) is 1.21. The van der Waals surface area contributed by atoms with Gasteiger partial charge in [0.15, 0.2) is 0 Å². The van der Waals surface area contributed by atoms with Crippen LogP contribution in [-0.4, -0.2) is 18.1 Å². The molecule has 20 heavy (non-hydrogen) atoms. The highest BCUT2D eigenvalue weighted by Gasteiger charge is 2.04. The van der Waals surface area contributed by atoms with Gasteiger partial charge in [0.05, 0.1) is 6.61 Å². The van der Waals surface area contributed by atoms with Crippen molar-refractivity contribution in [2.45, 2.75) is 65.3 Å². The molecule has 0 aliphatic rings. The molecule has 0 aromatic carbocycles. The number of nitrogens with zero attached hydrogens (tertiary/aromatic N) is 1. The first kappa shape index (κ1) is 17.0. The molecule has 1 unspecified atom stereocenters. The van der Waals surface area contributed by atoms with E-state index in [1.807, 2.05) is 12.3 Å². The van der Waals surface area contributed by atoms with Crippen molar-refractivity contribution < 1.29 is 4.74 Å². The number of ether oxygens (including phenoxy) is 1. The monoisotopic (exact) mass is 278 g/mol. The molecule has 0 radical (unpaired) electrons. The highest BCUT2D eigenvalue weighted by molar-refractivity contribution is 5.20. The summed E-state index contributed by atoms with van der Waals surface area (Å²) in [5.74, 6) is 0.742. The molecule has 1 aromatic rings. The van der Waals surface area contributed by atoms with Crippen LogP contribution >= 0.6 is 0 Å². The van der Waals surface area contributed by atoms with E-state index >= 15 is 0 Å². The Labute approximate surface area is 124 Å². The van der Waals surface area contributed by atoms with Crippen molar-refractivity contribution in [3.8, 4) is 5.88 Å². The molecule has 0 spiro atoms. The predicted octanol–water partition coefficient (Wildman–Crippen LogP) is 4.49. The van der Waals surface area contributed by atoms with E-state index in [1.54, 1.807) is 0 Å². The Morgan fingerprint density at radius 2 is 1.85 bits per heavy atom. The van der Waals surface area contributed by atoms with E-state index in [4.69, 9.17) is 4.74 Å². The number of aromatic nitrogens is 1. The summed E-state index contributed by atoms with van der Waals surface area (Å²) < 4.78 is 5.68. The van der Waals surface area contributed by atoms with Crippen LogP contribution in [-0.2, 0) is 0 Å². The van der Waals surface area contributed by atoms with E-state index in [9.17, 15) is 0 Å². The zero-order valence-electron chi connectivity index (χ0n) is 13.3. The molecule has 0 aliphatic carbocycles. The van der Waals surface area contributed by atoms with Gasteiger partial charge in [0.25, 0.3) is 0 Å². The van der Waals surface area contributed by atoms with E-state index in [2.05, 4.69) is 37.1 Å². The van der Waals surface area contributed by atoms with Gasteiger partial charge in [0.1, 0.15) is 0 Å². The number of rotatable bonds is 11. The zero-order valence-corrected chi connectivity index (χ0v) is 13.3. The number of hydrogen-bond acceptors (Lipinski definition) is 3. The van der Waals surface area contributed by atoms with Gasteiger partial charge in [-0.1, -0.05) is 52.0 Å². The van der Waals surface area contributed by atoms with Gasteiger partial charge < -0.3 is 10.1 Å². The van der Waals surface area contributed by atoms with Crippen molar-refractivity contribution in [3.63, 3.8) is 0 Å². The number of nitrogens with one attached hydrogen (secondary N) is 1. The molecular formula is C17H30N2O. The summed E-state index contributed by atoms with van der Waals surface area (Å²) in [5, 5.41) is 3.38. The average molecular weight is 278 g/mol. The lowest BCUT2D eigenvalue weighted by Crippen LogP contribution is -2.17. The third-order valence-electron chi connectivity index (χ3n) is 3.52. The molecule has 0 fully saturated rings. The Morgan fingerprint density at radius 3 is 2.50 bits per heavy atom. The van der Waals surface area contributed by atoms with E-state index in [0.29, 0.717) is 6.04 Å². The zero-order chi connectivity index (χ0) is 14.6. The second-order valence-electron chi connectivity index (χ2n) is 5.33. The van der Waals surface area contributed by atoms with E-state index < -0.39 is 0 Å². The molecule has 1 aromatic heterocycles. The highest BCUT2D eigenvalue weighted by Crippen LogP contribution is 2.14. The molecular weight excluding hydrogens is 248 g/mol. The van der Waals surface area contributed by atoms with Crippen LogP contribution < -0.4 is 10.1 Å². The highest BCUT2D eigenvalue weighted by atomic mass is 16.5. The van der Waals surface area contributed by atoms with Crippen molar-refractivity contribution in [1.29, 1.82) is 0 Å². The quantitative estimate of drug-likeness (QED) is 0.605. The number of unbranched alkanes of at least 4 members (excludes halogenated alkanes) is 5. The fourth-order valence-corrected chi connectivity index (χ4v) is 2.22. The van der Waals surface area contributed by atoms with Gasteiger partial charge in [-0.3, -0.25) is 0 Å². The summed E-state index contributed by atoms with van der Waals surface area (Å²) in [6.45, 7) is 8.26. The molecule has 0 bridgehead atoms. The maximum atomic E-state index is 5.68. The predicted molar refractivity (Wildman–Crippen MR) is 85.2 cm³/mol. The Morgan fingerprint density at radius 1 is 1.10 bits per heavy atom. The molecule has 3 nitrogen and oxygen atoms in total. The molecule has 3 heteroatoms. The summed E-state index contributed by atoms with van der Waals surface area (Å²) >= 11 is 0. The van der Waals surface area contributed by atoms with Crippen molar-refractivity contribution in [3.05, 3.63) is 23.9 Å². The summed E-state index contributed by atoms with van der Waals surface area (Å²) in [7, 11) is 0. The largest absolute Gasteiger partial charge is 0.478 e. The summed E-state index contributed by atoms with van der Waals surface area (Å²) in [6.07, 6.45) is 9.63. The standard InChI is InChI=1S/C17H30N2O/c1-4-6-7-8-9-10-13-20-17-12-11-16(14-19-17)15(3)18-5-2/h11-12,14-15,18H,4-10,13H2,1-3H3. The third-order valence-corrected chi connectivity index (χ3v) is 3.52. The molecule has 1 heterocycles. The van der Waals surface area contributed by atoms with E-state index in [0.717, 1.165) is 25.5 Å². The van der Waals surface area contributed by atoms with Gasteiger partial charge in [-0.2, -0.15) is 0 Å². The fourth-order valence-electron chi connectivity index (χ4n) is 2.22. The van der Waals surface area contributed by atoms with E-state index in [-0.39, 0.29) is 0 Å². The Bertz CT molecular complexity index is 337. The second-order valence-corrected chi connectivity index (χ2v) is 5.33. The Hall–Kier alpha value is -1.09. The summed E-state index contributed by atoms with van der Waals surface area (Å²) in [6, 6.07) is 4.41. The minimum absolute atomic E-state index is 0.347. The maximum Gasteiger partial charge on any atom is 0.213 e. The van der Waals surface area contributed by atoms with Gasteiger partial charge in [-0.15, -0.1) is 0 Å². The van der Waals surface area contributed by atoms with Gasteiger partial charge in [0.2, 0.25) is 5.88 Å². The van der Waals surface area contributed by atoms with Gasteiger partial charge in [0, 0.05) is 18.3 Å². The Kier molecular flexibility index (Phi) is 9.05. The minimum atomic E-state index is 0.347. The SMILES string of the molecule is CCCCCCCCOc1ccc(C(C)NCC)cn1. The fraction of sp³-hybridized carbons (Fsp3) is 0.706. The molecule has 0 amide bonds. The molecule has 0 aliphatic heterocycles. The number of hydrogen-bond donors (Lipinski definition) is 1. The van der Waals surface area contributed by atoms with Crippen molar-refractivity contribution in [1.82, 2.24) is 10.3 Å². The van der Waals surface area contributed by atoms with Crippen LogP contribution in [0.3, 0.4) is 0 Å². The summed E-state index contributed by atoms with van der Waals surface area (Å²) in [4.78, 5) is 4.37. The molecule has 1 rings (SSSR count). The first-order valence-electron chi connectivity index (χ1n) is 8.10. The smallest absolute Gasteiger partial charge is 0.213 e. The lowest BCUT2D eigenvalue weighted by atomic mass is 10.1. The molecule has 1 N–H and O–H groups in total. The molecule has 114 valence electrons. The molecule has 1 atom stereocenters. The van der Waals surface area contributed by atoms with Crippen LogP contribution in [0.4, 0.5) is 0 Å². The number of pyridine rings is 1. The van der Waals surface area contributed by atoms with Crippen molar-refractivity contribution in [2.24, 2.45) is 0 Å². The van der Waals surface area contributed by atoms with Crippen LogP contribution in [0.25, 0.3) is 0 Å². The van der Waals surface area contributed by atoms with Crippen LogP contribution in [0.15, 0.2) is 18.3 Å². The second kappa shape index (κ2) is 10.7. The van der Waals surface area contributed by atoms with Crippen LogP contribution in [0, 0.1) is 0 Å².